The normalized spacial score (nSPS) is 10.3. The predicted octanol–water partition coefficient (Wildman–Crippen LogP) is 4.47. The molecule has 0 N–H and O–H groups in total. The summed E-state index contributed by atoms with van der Waals surface area (Å²) in [6.45, 7) is 3.07. The summed E-state index contributed by atoms with van der Waals surface area (Å²) in [5.41, 5.74) is 0. The third-order valence-electron chi connectivity index (χ3n) is 1.79. The molecule has 3 heteroatoms. The van der Waals surface area contributed by atoms with E-state index in [1.54, 1.807) is 11.3 Å². The number of hydrogen-bond acceptors (Lipinski definition) is 2. The Morgan fingerprint density at radius 1 is 1.31 bits per heavy atom. The quantitative estimate of drug-likeness (QED) is 0.688. The molecule has 74 valence electrons. The smallest absolute Gasteiger partial charge is 0.174 e. The van der Waals surface area contributed by atoms with Crippen LogP contribution in [0.25, 0.3) is 0 Å². The van der Waals surface area contributed by atoms with E-state index < -0.39 is 0 Å². The van der Waals surface area contributed by atoms with E-state index in [9.17, 15) is 0 Å². The van der Waals surface area contributed by atoms with Crippen LogP contribution in [-0.4, -0.2) is 6.61 Å². The maximum absolute atomic E-state index is 5.56. The predicted molar refractivity (Wildman–Crippen MR) is 61.7 cm³/mol. The molecule has 0 atom stereocenters. The number of thiophene rings is 1. The van der Waals surface area contributed by atoms with Crippen LogP contribution in [0.15, 0.2) is 15.9 Å². The van der Waals surface area contributed by atoms with Crippen molar-refractivity contribution < 1.29 is 4.74 Å². The van der Waals surface area contributed by atoms with Crippen LogP contribution in [0.4, 0.5) is 0 Å². The summed E-state index contributed by atoms with van der Waals surface area (Å²) >= 11 is 5.05. The minimum absolute atomic E-state index is 0.854. The standard InChI is InChI=1S/C10H15BrOS/c1-2-3-4-5-8-12-10-7-6-9(11)13-10/h6-7H,2-5,8H2,1H3. The summed E-state index contributed by atoms with van der Waals surface area (Å²) < 4.78 is 6.70. The fourth-order valence-electron chi connectivity index (χ4n) is 1.08. The minimum atomic E-state index is 0.854. The van der Waals surface area contributed by atoms with Gasteiger partial charge in [-0.25, -0.2) is 0 Å². The third-order valence-corrected chi connectivity index (χ3v) is 3.33. The zero-order chi connectivity index (χ0) is 9.52. The molecular formula is C10H15BrOS. The second kappa shape index (κ2) is 6.44. The van der Waals surface area contributed by atoms with Gasteiger partial charge in [0.1, 0.15) is 0 Å². The molecule has 0 unspecified atom stereocenters. The Bertz CT molecular complexity index is 235. The Labute approximate surface area is 92.2 Å². The molecule has 1 heterocycles. The SMILES string of the molecule is CCCCCCOc1ccc(Br)s1. The summed E-state index contributed by atoms with van der Waals surface area (Å²) in [7, 11) is 0. The van der Waals surface area contributed by atoms with Gasteiger partial charge in [0.25, 0.3) is 0 Å². The van der Waals surface area contributed by atoms with Crippen molar-refractivity contribution in [1.29, 1.82) is 0 Å². The van der Waals surface area contributed by atoms with Crippen LogP contribution >= 0.6 is 27.3 Å². The van der Waals surface area contributed by atoms with Gasteiger partial charge in [-0.1, -0.05) is 37.5 Å². The van der Waals surface area contributed by atoms with Crippen molar-refractivity contribution in [3.63, 3.8) is 0 Å². The lowest BCUT2D eigenvalue weighted by molar-refractivity contribution is 0.313. The van der Waals surface area contributed by atoms with Crippen molar-refractivity contribution in [3.8, 4) is 5.06 Å². The first-order valence-electron chi connectivity index (χ1n) is 4.71. The van der Waals surface area contributed by atoms with Crippen LogP contribution in [0.1, 0.15) is 32.6 Å². The first kappa shape index (κ1) is 11.1. The van der Waals surface area contributed by atoms with Crippen molar-refractivity contribution in [3.05, 3.63) is 15.9 Å². The van der Waals surface area contributed by atoms with E-state index >= 15 is 0 Å². The summed E-state index contributed by atoms with van der Waals surface area (Å²) in [5.74, 6) is 0. The Kier molecular flexibility index (Phi) is 5.47. The minimum Gasteiger partial charge on any atom is -0.484 e. The molecule has 0 aliphatic heterocycles. The molecule has 0 radical (unpaired) electrons. The molecular weight excluding hydrogens is 248 g/mol. The highest BCUT2D eigenvalue weighted by atomic mass is 79.9. The Morgan fingerprint density at radius 2 is 2.15 bits per heavy atom. The summed E-state index contributed by atoms with van der Waals surface area (Å²) in [4.78, 5) is 0. The molecule has 0 aliphatic carbocycles. The molecule has 0 saturated heterocycles. The molecule has 0 saturated carbocycles. The van der Waals surface area contributed by atoms with Gasteiger partial charge in [0, 0.05) is 0 Å². The molecule has 0 spiro atoms. The number of rotatable bonds is 6. The highest BCUT2D eigenvalue weighted by Gasteiger charge is 1.97. The van der Waals surface area contributed by atoms with Gasteiger partial charge in [0.2, 0.25) is 0 Å². The van der Waals surface area contributed by atoms with E-state index in [2.05, 4.69) is 22.9 Å². The highest BCUT2D eigenvalue weighted by Crippen LogP contribution is 2.28. The topological polar surface area (TPSA) is 9.23 Å². The molecule has 0 bridgehead atoms. The van der Waals surface area contributed by atoms with E-state index in [1.165, 1.54) is 25.7 Å². The molecule has 1 aromatic heterocycles. The van der Waals surface area contributed by atoms with Crippen LogP contribution in [0.5, 0.6) is 5.06 Å². The van der Waals surface area contributed by atoms with E-state index in [0.29, 0.717) is 0 Å². The van der Waals surface area contributed by atoms with E-state index in [1.807, 2.05) is 12.1 Å². The maximum atomic E-state index is 5.56. The molecule has 1 rings (SSSR count). The molecule has 0 aliphatic rings. The van der Waals surface area contributed by atoms with Crippen LogP contribution in [-0.2, 0) is 0 Å². The van der Waals surface area contributed by atoms with Gasteiger partial charge in [-0.2, -0.15) is 0 Å². The van der Waals surface area contributed by atoms with Gasteiger partial charge in [0.05, 0.1) is 10.4 Å². The van der Waals surface area contributed by atoms with Crippen LogP contribution in [0, 0.1) is 0 Å². The van der Waals surface area contributed by atoms with E-state index in [0.717, 1.165) is 15.5 Å². The second-order valence-electron chi connectivity index (χ2n) is 2.97. The van der Waals surface area contributed by atoms with E-state index in [4.69, 9.17) is 4.74 Å². The van der Waals surface area contributed by atoms with Gasteiger partial charge in [0.15, 0.2) is 5.06 Å². The third kappa shape index (κ3) is 4.67. The zero-order valence-corrected chi connectivity index (χ0v) is 10.3. The first-order valence-corrected chi connectivity index (χ1v) is 6.32. The molecule has 1 aromatic rings. The van der Waals surface area contributed by atoms with Crippen molar-refractivity contribution in [1.82, 2.24) is 0 Å². The van der Waals surface area contributed by atoms with Crippen LogP contribution in [0.2, 0.25) is 0 Å². The average molecular weight is 263 g/mol. The Morgan fingerprint density at radius 3 is 2.77 bits per heavy atom. The lowest BCUT2D eigenvalue weighted by atomic mass is 10.2. The molecule has 1 nitrogen and oxygen atoms in total. The van der Waals surface area contributed by atoms with Crippen molar-refractivity contribution in [2.24, 2.45) is 0 Å². The first-order chi connectivity index (χ1) is 6.33. The van der Waals surface area contributed by atoms with Crippen molar-refractivity contribution in [2.75, 3.05) is 6.61 Å². The lowest BCUT2D eigenvalue weighted by Gasteiger charge is -2.01. The van der Waals surface area contributed by atoms with Gasteiger partial charge >= 0.3 is 0 Å². The van der Waals surface area contributed by atoms with Crippen molar-refractivity contribution in [2.45, 2.75) is 32.6 Å². The summed E-state index contributed by atoms with van der Waals surface area (Å²) in [6, 6.07) is 4.03. The average Bonchev–Trinajstić information content (AvgIpc) is 2.51. The largest absolute Gasteiger partial charge is 0.484 e. The highest BCUT2D eigenvalue weighted by molar-refractivity contribution is 9.11. The maximum Gasteiger partial charge on any atom is 0.174 e. The number of unbranched alkanes of at least 4 members (excludes halogenated alkanes) is 3. The Balaban J connectivity index is 2.06. The van der Waals surface area contributed by atoms with Gasteiger partial charge in [-0.15, -0.1) is 0 Å². The molecule has 0 fully saturated rings. The fraction of sp³-hybridized carbons (Fsp3) is 0.600. The monoisotopic (exact) mass is 262 g/mol. The van der Waals surface area contributed by atoms with Gasteiger partial charge < -0.3 is 4.74 Å². The Hall–Kier alpha value is -0.0200. The molecule has 13 heavy (non-hydrogen) atoms. The molecule has 0 amide bonds. The fourth-order valence-corrected chi connectivity index (χ4v) is 2.29. The number of halogens is 1. The van der Waals surface area contributed by atoms with Gasteiger partial charge in [-0.3, -0.25) is 0 Å². The van der Waals surface area contributed by atoms with Gasteiger partial charge in [-0.05, 0) is 34.5 Å². The number of hydrogen-bond donors (Lipinski definition) is 0. The van der Waals surface area contributed by atoms with Crippen LogP contribution in [0.3, 0.4) is 0 Å². The van der Waals surface area contributed by atoms with E-state index in [-0.39, 0.29) is 0 Å². The zero-order valence-electron chi connectivity index (χ0n) is 7.88. The van der Waals surface area contributed by atoms with Crippen LogP contribution < -0.4 is 4.74 Å². The number of ether oxygens (including phenoxy) is 1. The lowest BCUT2D eigenvalue weighted by Crippen LogP contribution is -1.94. The molecule has 0 aromatic carbocycles. The second-order valence-corrected chi connectivity index (χ2v) is 5.39. The summed E-state index contributed by atoms with van der Waals surface area (Å²) in [6.07, 6.45) is 5.05. The summed E-state index contributed by atoms with van der Waals surface area (Å²) in [5, 5.41) is 1.02. The van der Waals surface area contributed by atoms with Crippen molar-refractivity contribution >= 4 is 27.3 Å².